The topological polar surface area (TPSA) is 92.4 Å². The number of hydrogen-bond acceptors (Lipinski definition) is 6. The first-order chi connectivity index (χ1) is 14.0. The minimum Gasteiger partial charge on any atom is -0.364 e. The molecular formula is C20H16ClN5O3. The van der Waals surface area contributed by atoms with Crippen LogP contribution in [0.4, 0.5) is 0 Å². The molecule has 0 aliphatic carbocycles. The molecule has 2 amide bonds. The first-order valence-electron chi connectivity index (χ1n) is 9.13. The molecule has 2 aliphatic rings. The molecule has 0 radical (unpaired) electrons. The second-order valence-electron chi connectivity index (χ2n) is 7.08. The van der Waals surface area contributed by atoms with Gasteiger partial charge in [-0.25, -0.2) is 4.98 Å². The molecule has 146 valence electrons. The zero-order chi connectivity index (χ0) is 20.2. The number of carbonyl (C=O) groups is 2. The fourth-order valence-corrected chi connectivity index (χ4v) is 4.38. The molecule has 1 fully saturated rings. The van der Waals surface area contributed by atoms with Gasteiger partial charge in [-0.3, -0.25) is 14.6 Å². The lowest BCUT2D eigenvalue weighted by Crippen LogP contribution is -2.58. The molecule has 1 atom stereocenters. The number of halogens is 1. The first kappa shape index (κ1) is 17.8. The van der Waals surface area contributed by atoms with Crippen LogP contribution in [-0.4, -0.2) is 49.8 Å². The predicted octanol–water partition coefficient (Wildman–Crippen LogP) is 2.43. The Labute approximate surface area is 171 Å². The Bertz CT molecular complexity index is 1130. The lowest BCUT2D eigenvalue weighted by molar-refractivity contribution is 0.00638. The van der Waals surface area contributed by atoms with Gasteiger partial charge in [-0.05, 0) is 24.6 Å². The maximum Gasteiger partial charge on any atom is 0.276 e. The van der Waals surface area contributed by atoms with E-state index in [1.54, 1.807) is 35.1 Å². The number of nitrogens with zero attached hydrogens (tertiary/aromatic N) is 5. The van der Waals surface area contributed by atoms with Crippen LogP contribution >= 0.6 is 11.6 Å². The quantitative estimate of drug-likeness (QED) is 0.645. The Balaban J connectivity index is 1.71. The van der Waals surface area contributed by atoms with Crippen molar-refractivity contribution < 1.29 is 14.1 Å². The van der Waals surface area contributed by atoms with Crippen LogP contribution in [0.25, 0.3) is 0 Å². The van der Waals surface area contributed by atoms with E-state index < -0.39 is 5.66 Å². The van der Waals surface area contributed by atoms with E-state index >= 15 is 0 Å². The largest absolute Gasteiger partial charge is 0.364 e. The van der Waals surface area contributed by atoms with Crippen molar-refractivity contribution in [1.82, 2.24) is 24.9 Å². The van der Waals surface area contributed by atoms with Crippen LogP contribution in [0.5, 0.6) is 0 Å². The third-order valence-corrected chi connectivity index (χ3v) is 5.86. The van der Waals surface area contributed by atoms with Crippen molar-refractivity contribution in [3.05, 3.63) is 76.2 Å². The van der Waals surface area contributed by atoms with Crippen LogP contribution in [-0.2, 0) is 12.1 Å². The van der Waals surface area contributed by atoms with Gasteiger partial charge in [-0.1, -0.05) is 28.9 Å². The van der Waals surface area contributed by atoms with Gasteiger partial charge >= 0.3 is 0 Å². The number of benzene rings is 1. The molecule has 1 saturated heterocycles. The Morgan fingerprint density at radius 1 is 1.17 bits per heavy atom. The number of amides is 2. The second-order valence-corrected chi connectivity index (χ2v) is 7.52. The molecule has 29 heavy (non-hydrogen) atoms. The monoisotopic (exact) mass is 409 g/mol. The van der Waals surface area contributed by atoms with E-state index in [-0.39, 0.29) is 11.8 Å². The van der Waals surface area contributed by atoms with Crippen molar-refractivity contribution >= 4 is 23.4 Å². The lowest BCUT2D eigenvalue weighted by Gasteiger charge is -2.46. The fraction of sp³-hybridized carbons (Fsp3) is 0.250. The molecular weight excluding hydrogens is 394 g/mol. The molecule has 4 heterocycles. The molecule has 2 aliphatic heterocycles. The highest BCUT2D eigenvalue weighted by Gasteiger charge is 2.56. The predicted molar refractivity (Wildman–Crippen MR) is 102 cm³/mol. The first-order valence-corrected chi connectivity index (χ1v) is 9.51. The van der Waals surface area contributed by atoms with Gasteiger partial charge in [0.2, 0.25) is 0 Å². The van der Waals surface area contributed by atoms with Gasteiger partial charge in [0, 0.05) is 36.9 Å². The van der Waals surface area contributed by atoms with E-state index in [1.165, 1.54) is 12.5 Å². The van der Waals surface area contributed by atoms with Gasteiger partial charge in [-0.15, -0.1) is 0 Å². The van der Waals surface area contributed by atoms with E-state index in [4.69, 9.17) is 16.1 Å². The Kier molecular flexibility index (Phi) is 3.92. The molecule has 0 saturated carbocycles. The molecule has 8 nitrogen and oxygen atoms in total. The number of fused-ring (bicyclic) bond motifs is 2. The molecule has 9 heteroatoms. The minimum absolute atomic E-state index is 0.244. The van der Waals surface area contributed by atoms with Crippen molar-refractivity contribution in [1.29, 1.82) is 0 Å². The lowest BCUT2D eigenvalue weighted by atomic mass is 9.87. The summed E-state index contributed by atoms with van der Waals surface area (Å²) >= 11 is 6.10. The highest BCUT2D eigenvalue weighted by Crippen LogP contribution is 2.44. The second kappa shape index (κ2) is 6.38. The summed E-state index contributed by atoms with van der Waals surface area (Å²) in [6, 6.07) is 7.20. The van der Waals surface area contributed by atoms with E-state index in [1.807, 2.05) is 12.1 Å². The Morgan fingerprint density at radius 2 is 1.93 bits per heavy atom. The van der Waals surface area contributed by atoms with Crippen LogP contribution in [0.3, 0.4) is 0 Å². The minimum atomic E-state index is -1.02. The molecule has 0 N–H and O–H groups in total. The summed E-state index contributed by atoms with van der Waals surface area (Å²) in [4.78, 5) is 38.8. The normalized spacial score (nSPS) is 20.6. The maximum absolute atomic E-state index is 13.5. The number of aromatic nitrogens is 3. The SMILES string of the molecule is Cc1nocc1C(=O)N1CCN2C(=O)c3nccnc3C[C@]12c1ccc(Cl)cc1. The van der Waals surface area contributed by atoms with E-state index in [2.05, 4.69) is 15.1 Å². The van der Waals surface area contributed by atoms with Crippen molar-refractivity contribution in [3.63, 3.8) is 0 Å². The van der Waals surface area contributed by atoms with E-state index in [0.717, 1.165) is 5.56 Å². The van der Waals surface area contributed by atoms with Gasteiger partial charge in [0.25, 0.3) is 11.8 Å². The summed E-state index contributed by atoms with van der Waals surface area (Å²) in [6.07, 6.45) is 4.74. The van der Waals surface area contributed by atoms with E-state index in [0.29, 0.717) is 47.2 Å². The zero-order valence-corrected chi connectivity index (χ0v) is 16.3. The average molecular weight is 410 g/mol. The van der Waals surface area contributed by atoms with Crippen molar-refractivity contribution in [2.24, 2.45) is 0 Å². The number of rotatable bonds is 2. The molecule has 1 aromatic carbocycles. The van der Waals surface area contributed by atoms with Crippen molar-refractivity contribution in [3.8, 4) is 0 Å². The molecule has 2 aromatic heterocycles. The van der Waals surface area contributed by atoms with Gasteiger partial charge in [0.05, 0.1) is 11.4 Å². The summed E-state index contributed by atoms with van der Waals surface area (Å²) in [5.41, 5.74) is 1.52. The Morgan fingerprint density at radius 3 is 2.66 bits per heavy atom. The Hall–Kier alpha value is -3.26. The van der Waals surface area contributed by atoms with Crippen LogP contribution in [0.2, 0.25) is 5.02 Å². The summed E-state index contributed by atoms with van der Waals surface area (Å²) in [5, 5.41) is 4.40. The highest BCUT2D eigenvalue weighted by atomic mass is 35.5. The molecule has 0 spiro atoms. The summed E-state index contributed by atoms with van der Waals surface area (Å²) in [7, 11) is 0. The van der Waals surface area contributed by atoms with Gasteiger partial charge in [0.15, 0.2) is 0 Å². The molecule has 0 bridgehead atoms. The van der Waals surface area contributed by atoms with Crippen LogP contribution in [0.15, 0.2) is 47.4 Å². The van der Waals surface area contributed by atoms with Crippen molar-refractivity contribution in [2.75, 3.05) is 13.1 Å². The maximum atomic E-state index is 13.5. The van der Waals surface area contributed by atoms with Crippen LogP contribution < -0.4 is 0 Å². The third-order valence-electron chi connectivity index (χ3n) is 5.61. The standard InChI is InChI=1S/C20H16ClN5O3/c1-12-15(11-29-24-12)18(27)25-8-9-26-19(28)17-16(22-6-7-23-17)10-20(25,26)13-2-4-14(21)5-3-13/h2-7,11H,8-10H2,1H3/t20-/m0/s1. The van der Waals surface area contributed by atoms with Crippen LogP contribution in [0, 0.1) is 6.92 Å². The smallest absolute Gasteiger partial charge is 0.276 e. The number of hydrogen-bond donors (Lipinski definition) is 0. The van der Waals surface area contributed by atoms with Gasteiger partial charge in [-0.2, -0.15) is 0 Å². The number of carbonyl (C=O) groups excluding carboxylic acids is 2. The highest BCUT2D eigenvalue weighted by molar-refractivity contribution is 6.30. The van der Waals surface area contributed by atoms with Crippen LogP contribution in [0.1, 0.15) is 37.8 Å². The van der Waals surface area contributed by atoms with E-state index in [9.17, 15) is 9.59 Å². The van der Waals surface area contributed by atoms with Gasteiger partial charge < -0.3 is 14.3 Å². The number of aryl methyl sites for hydroxylation is 1. The molecule has 0 unspecified atom stereocenters. The van der Waals surface area contributed by atoms with Gasteiger partial charge in [0.1, 0.15) is 23.2 Å². The summed E-state index contributed by atoms with van der Waals surface area (Å²) in [6.45, 7) is 2.46. The molecule has 5 rings (SSSR count). The van der Waals surface area contributed by atoms with Crippen molar-refractivity contribution in [2.45, 2.75) is 19.0 Å². The third kappa shape index (κ3) is 2.49. The average Bonchev–Trinajstić information content (AvgIpc) is 3.33. The zero-order valence-electron chi connectivity index (χ0n) is 15.5. The summed E-state index contributed by atoms with van der Waals surface area (Å²) in [5.74, 6) is -0.493. The fourth-order valence-electron chi connectivity index (χ4n) is 4.26. The summed E-state index contributed by atoms with van der Waals surface area (Å²) < 4.78 is 4.98. The molecule has 3 aromatic rings.